The molecule has 0 unspecified atom stereocenters. The Bertz CT molecular complexity index is 702. The fourth-order valence-electron chi connectivity index (χ4n) is 2.69. The number of carbonyl (C=O) groups is 2. The lowest BCUT2D eigenvalue weighted by molar-refractivity contribution is -0.111. The monoisotopic (exact) mass is 340 g/mol. The second-order valence-corrected chi connectivity index (χ2v) is 7.54. The standard InChI is InChI=1S/C15H20N2O5S/c1-3-23(20,21)13-5-4-11(17-15(19)22-2)8-12(13)14-10(9-18)6-7-16-14/h4-5,8-10,14,16H,3,6-7H2,1-2H3,(H,17,19)/t10-,14+/m0/s1. The second-order valence-electron chi connectivity index (χ2n) is 5.29. The quantitative estimate of drug-likeness (QED) is 0.788. The molecule has 0 bridgehead atoms. The van der Waals surface area contributed by atoms with E-state index in [1.54, 1.807) is 13.0 Å². The first-order valence-corrected chi connectivity index (χ1v) is 8.98. The maximum atomic E-state index is 12.3. The third-order valence-corrected chi connectivity index (χ3v) is 5.74. The topological polar surface area (TPSA) is 102 Å². The van der Waals surface area contributed by atoms with E-state index < -0.39 is 15.9 Å². The fraction of sp³-hybridized carbons (Fsp3) is 0.467. The largest absolute Gasteiger partial charge is 0.453 e. The van der Waals surface area contributed by atoms with E-state index in [2.05, 4.69) is 15.4 Å². The highest BCUT2D eigenvalue weighted by atomic mass is 32.2. The Hall–Kier alpha value is -1.93. The van der Waals surface area contributed by atoms with Gasteiger partial charge in [0.1, 0.15) is 6.29 Å². The molecule has 1 amide bonds. The first-order chi connectivity index (χ1) is 10.9. The number of ether oxygens (including phenoxy) is 1. The summed E-state index contributed by atoms with van der Waals surface area (Å²) in [4.78, 5) is 22.8. The fourth-order valence-corrected chi connectivity index (χ4v) is 3.82. The molecule has 1 fully saturated rings. The summed E-state index contributed by atoms with van der Waals surface area (Å²) in [5.41, 5.74) is 0.913. The molecule has 1 saturated heterocycles. The summed E-state index contributed by atoms with van der Waals surface area (Å²) in [6, 6.07) is 4.16. The Balaban J connectivity index is 2.51. The molecule has 2 atom stereocenters. The van der Waals surface area contributed by atoms with Gasteiger partial charge in [-0.1, -0.05) is 6.92 Å². The molecule has 1 aromatic rings. The van der Waals surface area contributed by atoms with Crippen LogP contribution in [0.4, 0.5) is 10.5 Å². The Kier molecular flexibility index (Phi) is 5.38. The van der Waals surface area contributed by atoms with E-state index in [1.807, 2.05) is 0 Å². The molecule has 2 N–H and O–H groups in total. The molecule has 0 aliphatic carbocycles. The van der Waals surface area contributed by atoms with Crippen LogP contribution < -0.4 is 10.6 Å². The third kappa shape index (κ3) is 3.70. The van der Waals surface area contributed by atoms with Crippen molar-refractivity contribution in [1.82, 2.24) is 5.32 Å². The van der Waals surface area contributed by atoms with Gasteiger partial charge in [-0.05, 0) is 36.7 Å². The molecule has 2 rings (SSSR count). The number of methoxy groups -OCH3 is 1. The van der Waals surface area contributed by atoms with E-state index >= 15 is 0 Å². The molecule has 0 spiro atoms. The van der Waals surface area contributed by atoms with E-state index in [0.29, 0.717) is 24.2 Å². The molecule has 8 heteroatoms. The zero-order chi connectivity index (χ0) is 17.0. The van der Waals surface area contributed by atoms with Crippen molar-refractivity contribution in [3.05, 3.63) is 23.8 Å². The summed E-state index contributed by atoms with van der Waals surface area (Å²) in [5, 5.41) is 5.68. The highest BCUT2D eigenvalue weighted by molar-refractivity contribution is 7.91. The van der Waals surface area contributed by atoms with Crippen molar-refractivity contribution in [2.75, 3.05) is 24.7 Å². The number of anilines is 1. The number of carbonyl (C=O) groups excluding carboxylic acids is 2. The number of sulfone groups is 1. The number of amides is 1. The highest BCUT2D eigenvalue weighted by Gasteiger charge is 2.32. The second kappa shape index (κ2) is 7.10. The lowest BCUT2D eigenvalue weighted by atomic mass is 9.95. The van der Waals surface area contributed by atoms with Crippen LogP contribution in [0.15, 0.2) is 23.1 Å². The summed E-state index contributed by atoms with van der Waals surface area (Å²) >= 11 is 0. The minimum atomic E-state index is -3.45. The van der Waals surface area contributed by atoms with E-state index in [4.69, 9.17) is 0 Å². The predicted molar refractivity (Wildman–Crippen MR) is 85.1 cm³/mol. The number of aldehydes is 1. The molecule has 126 valence electrons. The average Bonchev–Trinajstić information content (AvgIpc) is 3.03. The number of hydrogen-bond acceptors (Lipinski definition) is 6. The van der Waals surface area contributed by atoms with Gasteiger partial charge in [0.05, 0.1) is 17.8 Å². The molecule has 1 aliphatic rings. The first-order valence-electron chi connectivity index (χ1n) is 7.33. The van der Waals surface area contributed by atoms with Crippen molar-refractivity contribution in [1.29, 1.82) is 0 Å². The van der Waals surface area contributed by atoms with Crippen LogP contribution in [0.3, 0.4) is 0 Å². The zero-order valence-electron chi connectivity index (χ0n) is 13.0. The van der Waals surface area contributed by atoms with Crippen molar-refractivity contribution >= 4 is 27.9 Å². The predicted octanol–water partition coefficient (Wildman–Crippen LogP) is 1.51. The van der Waals surface area contributed by atoms with Crippen LogP contribution in [-0.2, 0) is 19.4 Å². The molecule has 0 saturated carbocycles. The lowest BCUT2D eigenvalue weighted by Gasteiger charge is -2.20. The Morgan fingerprint density at radius 1 is 1.48 bits per heavy atom. The van der Waals surface area contributed by atoms with Gasteiger partial charge in [-0.3, -0.25) is 5.32 Å². The maximum Gasteiger partial charge on any atom is 0.411 e. The van der Waals surface area contributed by atoms with Crippen molar-refractivity contribution < 1.29 is 22.7 Å². The Morgan fingerprint density at radius 2 is 2.22 bits per heavy atom. The molecule has 7 nitrogen and oxygen atoms in total. The summed E-state index contributed by atoms with van der Waals surface area (Å²) in [6.45, 7) is 2.20. The van der Waals surface area contributed by atoms with Gasteiger partial charge in [-0.15, -0.1) is 0 Å². The minimum Gasteiger partial charge on any atom is -0.453 e. The van der Waals surface area contributed by atoms with E-state index in [0.717, 1.165) is 6.29 Å². The van der Waals surface area contributed by atoms with Crippen LogP contribution >= 0.6 is 0 Å². The SMILES string of the molecule is CCS(=O)(=O)c1ccc(NC(=O)OC)cc1[C@@H]1NCC[C@H]1C=O. The Morgan fingerprint density at radius 3 is 2.83 bits per heavy atom. The zero-order valence-corrected chi connectivity index (χ0v) is 13.9. The van der Waals surface area contributed by atoms with Crippen molar-refractivity contribution in [3.63, 3.8) is 0 Å². The first kappa shape index (κ1) is 17.4. The van der Waals surface area contributed by atoms with Crippen LogP contribution in [0.25, 0.3) is 0 Å². The molecule has 1 aliphatic heterocycles. The van der Waals surface area contributed by atoms with Crippen molar-refractivity contribution in [2.45, 2.75) is 24.3 Å². The van der Waals surface area contributed by atoms with Gasteiger partial charge in [0, 0.05) is 17.6 Å². The normalized spacial score (nSPS) is 21.0. The molecule has 1 aromatic carbocycles. The number of rotatable bonds is 5. The molecule has 1 heterocycles. The third-order valence-electron chi connectivity index (χ3n) is 3.94. The van der Waals surface area contributed by atoms with Gasteiger partial charge < -0.3 is 14.8 Å². The molecular weight excluding hydrogens is 320 g/mol. The van der Waals surface area contributed by atoms with Gasteiger partial charge in [0.15, 0.2) is 9.84 Å². The molecule has 23 heavy (non-hydrogen) atoms. The number of nitrogens with one attached hydrogen (secondary N) is 2. The lowest BCUT2D eigenvalue weighted by Crippen LogP contribution is -2.22. The number of hydrogen-bond donors (Lipinski definition) is 2. The van der Waals surface area contributed by atoms with E-state index in [9.17, 15) is 18.0 Å². The van der Waals surface area contributed by atoms with Crippen LogP contribution in [0.2, 0.25) is 0 Å². The summed E-state index contributed by atoms with van der Waals surface area (Å²) in [6.07, 6.45) is 0.843. The summed E-state index contributed by atoms with van der Waals surface area (Å²) in [5.74, 6) is -0.336. The maximum absolute atomic E-state index is 12.3. The van der Waals surface area contributed by atoms with Crippen LogP contribution in [-0.4, -0.2) is 40.2 Å². The van der Waals surface area contributed by atoms with E-state index in [1.165, 1.54) is 19.2 Å². The smallest absolute Gasteiger partial charge is 0.411 e. The van der Waals surface area contributed by atoms with Gasteiger partial charge >= 0.3 is 6.09 Å². The van der Waals surface area contributed by atoms with Crippen molar-refractivity contribution in [2.24, 2.45) is 5.92 Å². The molecular formula is C15H20N2O5S. The minimum absolute atomic E-state index is 0.0394. The van der Waals surface area contributed by atoms with Gasteiger partial charge in [-0.25, -0.2) is 13.2 Å². The van der Waals surface area contributed by atoms with Gasteiger partial charge in [0.2, 0.25) is 0 Å². The Labute approximate surface area is 135 Å². The van der Waals surface area contributed by atoms with Gasteiger partial charge in [-0.2, -0.15) is 0 Å². The van der Waals surface area contributed by atoms with Crippen LogP contribution in [0.5, 0.6) is 0 Å². The highest BCUT2D eigenvalue weighted by Crippen LogP contribution is 2.34. The van der Waals surface area contributed by atoms with E-state index in [-0.39, 0.29) is 22.6 Å². The average molecular weight is 340 g/mol. The van der Waals surface area contributed by atoms with Gasteiger partial charge in [0.25, 0.3) is 0 Å². The van der Waals surface area contributed by atoms with Crippen LogP contribution in [0, 0.1) is 5.92 Å². The molecule has 0 radical (unpaired) electrons. The number of benzene rings is 1. The van der Waals surface area contributed by atoms with Crippen molar-refractivity contribution in [3.8, 4) is 0 Å². The molecule has 0 aromatic heterocycles. The van der Waals surface area contributed by atoms with Crippen LogP contribution in [0.1, 0.15) is 24.9 Å². The summed E-state index contributed by atoms with van der Waals surface area (Å²) < 4.78 is 29.2. The summed E-state index contributed by atoms with van der Waals surface area (Å²) in [7, 11) is -2.21.